The van der Waals surface area contributed by atoms with Crippen molar-refractivity contribution in [1.29, 1.82) is 0 Å². The van der Waals surface area contributed by atoms with Crippen molar-refractivity contribution in [3.05, 3.63) is 57.7 Å². The first kappa shape index (κ1) is 17.9. The van der Waals surface area contributed by atoms with Crippen LogP contribution in [0.4, 0.5) is 10.2 Å². The van der Waals surface area contributed by atoms with Gasteiger partial charge in [-0.25, -0.2) is 9.18 Å². The lowest BCUT2D eigenvalue weighted by Crippen LogP contribution is -2.44. The van der Waals surface area contributed by atoms with Gasteiger partial charge >= 0.3 is 5.63 Å². The normalized spacial score (nSPS) is 19.8. The van der Waals surface area contributed by atoms with E-state index in [4.69, 9.17) is 26.5 Å². The lowest BCUT2D eigenvalue weighted by Gasteiger charge is -2.23. The van der Waals surface area contributed by atoms with E-state index in [2.05, 4.69) is 4.98 Å². The molecule has 0 bridgehead atoms. The fourth-order valence-electron chi connectivity index (χ4n) is 3.31. The average Bonchev–Trinajstić information content (AvgIpc) is 3.04. The van der Waals surface area contributed by atoms with Gasteiger partial charge in [0.15, 0.2) is 0 Å². The minimum atomic E-state index is -0.721. The average molecular weight is 390 g/mol. The lowest BCUT2D eigenvalue weighted by molar-refractivity contribution is 0.0146. The standard InChI is InChI=1S/C19H17ClFN3O3/c1-26-19(22)6-7-24(10-19)16-5-4-13-14(9-17(25)27-18(13)23-16)12-3-2-11(21)8-15(12)20/h2-5,8-9H,6-7,10,22H2,1H3. The Kier molecular flexibility index (Phi) is 4.38. The molecule has 1 aliphatic rings. The van der Waals surface area contributed by atoms with Gasteiger partial charge in [0, 0.05) is 42.7 Å². The van der Waals surface area contributed by atoms with E-state index in [1.807, 2.05) is 11.0 Å². The van der Waals surface area contributed by atoms with Crippen LogP contribution in [-0.2, 0) is 4.74 Å². The van der Waals surface area contributed by atoms with Gasteiger partial charge < -0.3 is 19.8 Å². The molecule has 3 aromatic rings. The molecule has 2 N–H and O–H groups in total. The molecule has 6 nitrogen and oxygen atoms in total. The number of fused-ring (bicyclic) bond motifs is 1. The van der Waals surface area contributed by atoms with E-state index >= 15 is 0 Å². The van der Waals surface area contributed by atoms with E-state index in [1.165, 1.54) is 24.3 Å². The Balaban J connectivity index is 1.81. The highest BCUT2D eigenvalue weighted by Gasteiger charge is 2.35. The highest BCUT2D eigenvalue weighted by molar-refractivity contribution is 6.33. The van der Waals surface area contributed by atoms with Crippen LogP contribution in [0.25, 0.3) is 22.2 Å². The van der Waals surface area contributed by atoms with Crippen LogP contribution in [0.1, 0.15) is 6.42 Å². The molecule has 4 rings (SSSR count). The van der Waals surface area contributed by atoms with Gasteiger partial charge in [0.1, 0.15) is 17.4 Å². The molecule has 0 saturated carbocycles. The van der Waals surface area contributed by atoms with E-state index in [0.29, 0.717) is 41.8 Å². The molecular weight excluding hydrogens is 373 g/mol. The van der Waals surface area contributed by atoms with Gasteiger partial charge in [-0.1, -0.05) is 11.6 Å². The fraction of sp³-hybridized carbons (Fsp3) is 0.263. The van der Waals surface area contributed by atoms with Gasteiger partial charge in [-0.15, -0.1) is 0 Å². The molecule has 1 unspecified atom stereocenters. The minimum absolute atomic E-state index is 0.183. The van der Waals surface area contributed by atoms with Gasteiger partial charge in [-0.3, -0.25) is 0 Å². The summed E-state index contributed by atoms with van der Waals surface area (Å²) in [4.78, 5) is 18.5. The third kappa shape index (κ3) is 3.29. The Morgan fingerprint density at radius 3 is 2.81 bits per heavy atom. The minimum Gasteiger partial charge on any atom is -0.404 e. The summed E-state index contributed by atoms with van der Waals surface area (Å²) in [5.41, 5.74) is 6.11. The Morgan fingerprint density at radius 1 is 1.30 bits per heavy atom. The summed E-state index contributed by atoms with van der Waals surface area (Å²) in [7, 11) is 1.58. The largest absolute Gasteiger partial charge is 0.404 e. The summed E-state index contributed by atoms with van der Waals surface area (Å²) >= 11 is 6.17. The molecule has 0 radical (unpaired) electrons. The summed E-state index contributed by atoms with van der Waals surface area (Å²) in [5.74, 6) is 0.186. The maximum atomic E-state index is 13.4. The molecule has 27 heavy (non-hydrogen) atoms. The summed E-state index contributed by atoms with van der Waals surface area (Å²) in [6, 6.07) is 8.98. The van der Waals surface area contributed by atoms with Gasteiger partial charge in [-0.05, 0) is 30.3 Å². The second-order valence-electron chi connectivity index (χ2n) is 6.57. The Hall–Kier alpha value is -2.48. The van der Waals surface area contributed by atoms with Crippen LogP contribution in [-0.4, -0.2) is 30.9 Å². The first-order chi connectivity index (χ1) is 12.9. The molecule has 3 heterocycles. The maximum Gasteiger partial charge on any atom is 0.338 e. The predicted octanol–water partition coefficient (Wildman–Crippen LogP) is 3.16. The van der Waals surface area contributed by atoms with Crippen molar-refractivity contribution in [2.24, 2.45) is 5.73 Å². The van der Waals surface area contributed by atoms with Crippen LogP contribution in [0.5, 0.6) is 0 Å². The van der Waals surface area contributed by atoms with Crippen LogP contribution in [0.3, 0.4) is 0 Å². The first-order valence-electron chi connectivity index (χ1n) is 8.38. The third-order valence-electron chi connectivity index (χ3n) is 4.81. The number of methoxy groups -OCH3 is 1. The second-order valence-corrected chi connectivity index (χ2v) is 6.97. The number of halogens is 2. The number of ether oxygens (including phenoxy) is 1. The summed E-state index contributed by atoms with van der Waals surface area (Å²) in [5, 5.41) is 0.815. The molecule has 1 atom stereocenters. The number of hydrogen-bond donors (Lipinski definition) is 1. The molecule has 0 aliphatic carbocycles. The monoisotopic (exact) mass is 389 g/mol. The number of anilines is 1. The molecule has 2 aromatic heterocycles. The first-order valence-corrected chi connectivity index (χ1v) is 8.76. The van der Waals surface area contributed by atoms with E-state index in [9.17, 15) is 9.18 Å². The van der Waals surface area contributed by atoms with Crippen molar-refractivity contribution in [2.45, 2.75) is 12.1 Å². The van der Waals surface area contributed by atoms with Gasteiger partial charge in [0.05, 0.1) is 11.6 Å². The van der Waals surface area contributed by atoms with E-state index in [-0.39, 0.29) is 10.7 Å². The van der Waals surface area contributed by atoms with Crippen LogP contribution in [0.2, 0.25) is 5.02 Å². The van der Waals surface area contributed by atoms with Crippen LogP contribution in [0, 0.1) is 5.82 Å². The Bertz CT molecular complexity index is 1090. The van der Waals surface area contributed by atoms with Crippen LogP contribution >= 0.6 is 11.6 Å². The zero-order chi connectivity index (χ0) is 19.2. The molecule has 0 spiro atoms. The molecule has 8 heteroatoms. The Labute approximate surface area is 159 Å². The van der Waals surface area contributed by atoms with Crippen molar-refractivity contribution in [3.63, 3.8) is 0 Å². The number of nitrogens with zero attached hydrogens (tertiary/aromatic N) is 2. The highest BCUT2D eigenvalue weighted by atomic mass is 35.5. The molecular formula is C19H17ClFN3O3. The smallest absolute Gasteiger partial charge is 0.338 e. The van der Waals surface area contributed by atoms with E-state index in [1.54, 1.807) is 13.2 Å². The molecule has 140 valence electrons. The quantitative estimate of drug-likeness (QED) is 0.693. The molecule has 0 amide bonds. The number of rotatable bonds is 3. The van der Waals surface area contributed by atoms with Crippen molar-refractivity contribution < 1.29 is 13.5 Å². The van der Waals surface area contributed by atoms with E-state index in [0.717, 1.165) is 0 Å². The predicted molar refractivity (Wildman–Crippen MR) is 101 cm³/mol. The van der Waals surface area contributed by atoms with Crippen molar-refractivity contribution in [1.82, 2.24) is 4.98 Å². The van der Waals surface area contributed by atoms with Crippen LogP contribution < -0.4 is 16.3 Å². The Morgan fingerprint density at radius 2 is 2.11 bits per heavy atom. The van der Waals surface area contributed by atoms with Gasteiger partial charge in [0.25, 0.3) is 0 Å². The summed E-state index contributed by atoms with van der Waals surface area (Å²) < 4.78 is 24.0. The number of pyridine rings is 1. The van der Waals surface area contributed by atoms with Crippen LogP contribution in [0.15, 0.2) is 45.6 Å². The molecule has 1 saturated heterocycles. The SMILES string of the molecule is COC1(N)CCN(c2ccc3c(-c4ccc(F)cc4Cl)cc(=O)oc3n2)C1. The number of aromatic nitrogens is 1. The molecule has 1 aromatic carbocycles. The van der Waals surface area contributed by atoms with Crippen molar-refractivity contribution in [3.8, 4) is 11.1 Å². The van der Waals surface area contributed by atoms with E-state index < -0.39 is 17.2 Å². The number of hydrogen-bond acceptors (Lipinski definition) is 6. The summed E-state index contributed by atoms with van der Waals surface area (Å²) in [6.45, 7) is 1.16. The zero-order valence-electron chi connectivity index (χ0n) is 14.5. The number of nitrogens with two attached hydrogens (primary N) is 1. The lowest BCUT2D eigenvalue weighted by atomic mass is 10.0. The van der Waals surface area contributed by atoms with Crippen molar-refractivity contribution >= 4 is 28.5 Å². The highest BCUT2D eigenvalue weighted by Crippen LogP contribution is 2.34. The summed E-state index contributed by atoms with van der Waals surface area (Å²) in [6.07, 6.45) is 0.665. The molecule has 1 fully saturated rings. The number of benzene rings is 1. The second kappa shape index (κ2) is 6.60. The topological polar surface area (TPSA) is 81.6 Å². The third-order valence-corrected chi connectivity index (χ3v) is 5.12. The fourth-order valence-corrected chi connectivity index (χ4v) is 3.58. The maximum absolute atomic E-state index is 13.4. The van der Waals surface area contributed by atoms with Gasteiger partial charge in [-0.2, -0.15) is 4.98 Å². The van der Waals surface area contributed by atoms with Gasteiger partial charge in [0.2, 0.25) is 5.71 Å². The molecule has 1 aliphatic heterocycles. The zero-order valence-corrected chi connectivity index (χ0v) is 15.3. The van der Waals surface area contributed by atoms with Crippen molar-refractivity contribution in [2.75, 3.05) is 25.1 Å².